The van der Waals surface area contributed by atoms with Crippen LogP contribution < -0.4 is 10.9 Å². The van der Waals surface area contributed by atoms with E-state index in [-0.39, 0.29) is 11.4 Å². The standard InChI is InChI=1S/C10H14F3N3O/c1-3-7-15-8(4-9(17)16-7)14-6(2)5-10(11,12)13/h4,6H,3,5H2,1-2H3,(H2,14,15,16,17). The molecule has 0 aliphatic carbocycles. The Bertz CT molecular complexity index is 428. The van der Waals surface area contributed by atoms with E-state index in [1.807, 2.05) is 0 Å². The Morgan fingerprint density at radius 1 is 1.53 bits per heavy atom. The molecular formula is C10H14F3N3O. The van der Waals surface area contributed by atoms with Gasteiger partial charge in [-0.3, -0.25) is 4.79 Å². The molecule has 1 unspecified atom stereocenters. The highest BCUT2D eigenvalue weighted by molar-refractivity contribution is 5.34. The maximum absolute atomic E-state index is 12.1. The van der Waals surface area contributed by atoms with E-state index in [2.05, 4.69) is 15.3 Å². The fraction of sp³-hybridized carbons (Fsp3) is 0.600. The molecule has 1 atom stereocenters. The van der Waals surface area contributed by atoms with Crippen LogP contribution in [0.25, 0.3) is 0 Å². The third-order valence-electron chi connectivity index (χ3n) is 2.06. The highest BCUT2D eigenvalue weighted by Gasteiger charge is 2.30. The topological polar surface area (TPSA) is 57.8 Å². The molecule has 0 saturated heterocycles. The Hall–Kier alpha value is -1.53. The zero-order chi connectivity index (χ0) is 13.1. The lowest BCUT2D eigenvalue weighted by molar-refractivity contribution is -0.136. The van der Waals surface area contributed by atoms with Crippen LogP contribution in [-0.2, 0) is 6.42 Å². The molecule has 17 heavy (non-hydrogen) atoms. The number of hydrogen-bond donors (Lipinski definition) is 2. The van der Waals surface area contributed by atoms with Gasteiger partial charge in [-0.25, -0.2) is 4.98 Å². The van der Waals surface area contributed by atoms with Gasteiger partial charge < -0.3 is 10.3 Å². The van der Waals surface area contributed by atoms with Gasteiger partial charge in [0.05, 0.1) is 6.42 Å². The van der Waals surface area contributed by atoms with E-state index >= 15 is 0 Å². The van der Waals surface area contributed by atoms with Gasteiger partial charge in [0.15, 0.2) is 0 Å². The molecule has 1 aromatic rings. The van der Waals surface area contributed by atoms with Crippen molar-refractivity contribution in [3.05, 3.63) is 22.2 Å². The third-order valence-corrected chi connectivity index (χ3v) is 2.06. The number of aromatic amines is 1. The van der Waals surface area contributed by atoms with Crippen LogP contribution >= 0.6 is 0 Å². The predicted molar refractivity (Wildman–Crippen MR) is 58.0 cm³/mol. The van der Waals surface area contributed by atoms with Crippen molar-refractivity contribution >= 4 is 5.82 Å². The van der Waals surface area contributed by atoms with Crippen LogP contribution in [0, 0.1) is 0 Å². The number of aromatic nitrogens is 2. The average molecular weight is 249 g/mol. The van der Waals surface area contributed by atoms with Gasteiger partial charge in [0.1, 0.15) is 11.6 Å². The molecule has 7 heteroatoms. The quantitative estimate of drug-likeness (QED) is 0.859. The molecule has 0 bridgehead atoms. The van der Waals surface area contributed by atoms with Gasteiger partial charge in [-0.15, -0.1) is 0 Å². The van der Waals surface area contributed by atoms with Gasteiger partial charge in [0, 0.05) is 18.5 Å². The summed E-state index contributed by atoms with van der Waals surface area (Å²) in [5.41, 5.74) is -0.376. The molecule has 0 radical (unpaired) electrons. The van der Waals surface area contributed by atoms with Crippen molar-refractivity contribution in [2.75, 3.05) is 5.32 Å². The minimum Gasteiger partial charge on any atom is -0.367 e. The number of aryl methyl sites for hydroxylation is 1. The van der Waals surface area contributed by atoms with Crippen LogP contribution in [0.4, 0.5) is 19.0 Å². The summed E-state index contributed by atoms with van der Waals surface area (Å²) >= 11 is 0. The summed E-state index contributed by atoms with van der Waals surface area (Å²) in [7, 11) is 0. The van der Waals surface area contributed by atoms with Gasteiger partial charge in [-0.2, -0.15) is 13.2 Å². The van der Waals surface area contributed by atoms with E-state index in [9.17, 15) is 18.0 Å². The first-order valence-corrected chi connectivity index (χ1v) is 5.23. The Morgan fingerprint density at radius 3 is 2.71 bits per heavy atom. The van der Waals surface area contributed by atoms with E-state index in [4.69, 9.17) is 0 Å². The van der Waals surface area contributed by atoms with Gasteiger partial charge in [0.25, 0.3) is 5.56 Å². The van der Waals surface area contributed by atoms with E-state index in [0.717, 1.165) is 6.07 Å². The number of anilines is 1. The summed E-state index contributed by atoms with van der Waals surface area (Å²) in [5.74, 6) is 0.613. The van der Waals surface area contributed by atoms with Crippen LogP contribution in [0.2, 0.25) is 0 Å². The summed E-state index contributed by atoms with van der Waals surface area (Å²) in [4.78, 5) is 17.7. The summed E-state index contributed by atoms with van der Waals surface area (Å²) in [5, 5.41) is 2.56. The summed E-state index contributed by atoms with van der Waals surface area (Å²) < 4.78 is 36.3. The SMILES string of the molecule is CCc1nc(NC(C)CC(F)(F)F)cc(=O)[nH]1. The summed E-state index contributed by atoms with van der Waals surface area (Å²) in [6.45, 7) is 3.18. The largest absolute Gasteiger partial charge is 0.391 e. The number of nitrogens with one attached hydrogen (secondary N) is 2. The first-order chi connectivity index (χ1) is 7.80. The molecule has 0 spiro atoms. The molecule has 96 valence electrons. The van der Waals surface area contributed by atoms with Gasteiger partial charge in [-0.1, -0.05) is 6.92 Å². The molecule has 1 aromatic heterocycles. The molecule has 1 heterocycles. The summed E-state index contributed by atoms with van der Waals surface area (Å²) in [6, 6.07) is 0.320. The van der Waals surface area contributed by atoms with Crippen molar-refractivity contribution in [1.29, 1.82) is 0 Å². The molecule has 4 nitrogen and oxygen atoms in total. The first kappa shape index (κ1) is 13.5. The number of nitrogens with zero attached hydrogens (tertiary/aromatic N) is 1. The van der Waals surface area contributed by atoms with Crippen LogP contribution in [-0.4, -0.2) is 22.2 Å². The van der Waals surface area contributed by atoms with Gasteiger partial charge >= 0.3 is 6.18 Å². The van der Waals surface area contributed by atoms with E-state index in [1.165, 1.54) is 6.92 Å². The van der Waals surface area contributed by atoms with Crippen molar-refractivity contribution < 1.29 is 13.2 Å². The Balaban J connectivity index is 2.74. The van der Waals surface area contributed by atoms with E-state index < -0.39 is 18.6 Å². The zero-order valence-electron chi connectivity index (χ0n) is 9.56. The molecule has 0 amide bonds. The lowest BCUT2D eigenvalue weighted by atomic mass is 10.2. The molecule has 0 fully saturated rings. The lowest BCUT2D eigenvalue weighted by Crippen LogP contribution is -2.25. The maximum Gasteiger partial charge on any atom is 0.391 e. The molecule has 0 aliphatic rings. The monoisotopic (exact) mass is 249 g/mol. The van der Waals surface area contributed by atoms with Gasteiger partial charge in [0.2, 0.25) is 0 Å². The predicted octanol–water partition coefficient (Wildman–Crippen LogP) is 2.09. The van der Waals surface area contributed by atoms with Gasteiger partial charge in [-0.05, 0) is 6.92 Å². The van der Waals surface area contributed by atoms with Crippen molar-refractivity contribution in [2.24, 2.45) is 0 Å². The Kier molecular flexibility index (Phi) is 4.14. The summed E-state index contributed by atoms with van der Waals surface area (Å²) in [6.07, 6.45) is -4.69. The molecule has 1 rings (SSSR count). The Labute approximate surface area is 96.3 Å². The fourth-order valence-corrected chi connectivity index (χ4v) is 1.40. The number of alkyl halides is 3. The van der Waals surface area contributed by atoms with E-state index in [1.54, 1.807) is 6.92 Å². The minimum absolute atomic E-state index is 0.169. The maximum atomic E-state index is 12.1. The number of hydrogen-bond acceptors (Lipinski definition) is 3. The average Bonchev–Trinajstić information content (AvgIpc) is 2.13. The molecule has 0 aliphatic heterocycles. The number of rotatable bonds is 4. The second-order valence-electron chi connectivity index (χ2n) is 3.80. The van der Waals surface area contributed by atoms with Crippen LogP contribution in [0.1, 0.15) is 26.1 Å². The molecular weight excluding hydrogens is 235 g/mol. The van der Waals surface area contributed by atoms with Crippen molar-refractivity contribution in [3.63, 3.8) is 0 Å². The van der Waals surface area contributed by atoms with Crippen molar-refractivity contribution in [1.82, 2.24) is 9.97 Å². The van der Waals surface area contributed by atoms with Crippen molar-refractivity contribution in [3.8, 4) is 0 Å². The molecule has 0 aromatic carbocycles. The minimum atomic E-state index is -4.23. The van der Waals surface area contributed by atoms with Crippen LogP contribution in [0.15, 0.2) is 10.9 Å². The lowest BCUT2D eigenvalue weighted by Gasteiger charge is -2.16. The second kappa shape index (κ2) is 5.20. The fourth-order valence-electron chi connectivity index (χ4n) is 1.40. The number of H-pyrrole nitrogens is 1. The molecule has 0 saturated carbocycles. The number of halogens is 3. The van der Waals surface area contributed by atoms with E-state index in [0.29, 0.717) is 12.2 Å². The van der Waals surface area contributed by atoms with Crippen molar-refractivity contribution in [2.45, 2.75) is 38.9 Å². The first-order valence-electron chi connectivity index (χ1n) is 5.23. The third kappa shape index (κ3) is 4.88. The highest BCUT2D eigenvalue weighted by Crippen LogP contribution is 2.22. The zero-order valence-corrected chi connectivity index (χ0v) is 9.56. The smallest absolute Gasteiger partial charge is 0.367 e. The second-order valence-corrected chi connectivity index (χ2v) is 3.80. The normalized spacial score (nSPS) is 13.5. The highest BCUT2D eigenvalue weighted by atomic mass is 19.4. The van der Waals surface area contributed by atoms with Crippen LogP contribution in [0.3, 0.4) is 0 Å². The van der Waals surface area contributed by atoms with Crippen LogP contribution in [0.5, 0.6) is 0 Å². The Morgan fingerprint density at radius 2 is 2.18 bits per heavy atom. The molecule has 2 N–H and O–H groups in total.